The first-order valence-corrected chi connectivity index (χ1v) is 10.2. The molecule has 0 aliphatic rings. The molecule has 2 rings (SSSR count). The normalized spacial score (nSPS) is 11.9. The molecule has 0 amide bonds. The van der Waals surface area contributed by atoms with Crippen LogP contribution in [-0.2, 0) is 16.4 Å². The van der Waals surface area contributed by atoms with Crippen LogP contribution in [0.25, 0.3) is 0 Å². The van der Waals surface area contributed by atoms with E-state index in [9.17, 15) is 18.5 Å². The Labute approximate surface area is 165 Å². The van der Waals surface area contributed by atoms with Crippen molar-refractivity contribution < 1.29 is 18.1 Å². The molecule has 9 heteroatoms. The lowest BCUT2D eigenvalue weighted by Gasteiger charge is -2.20. The van der Waals surface area contributed by atoms with Gasteiger partial charge in [0, 0.05) is 18.2 Å². The minimum absolute atomic E-state index is 0.149. The fourth-order valence-corrected chi connectivity index (χ4v) is 4.12. The summed E-state index contributed by atoms with van der Waals surface area (Å²) in [6.07, 6.45) is 0.590. The van der Waals surface area contributed by atoms with Gasteiger partial charge in [-0.2, -0.15) is 0 Å². The fourth-order valence-electron chi connectivity index (χ4n) is 2.68. The first-order chi connectivity index (χ1) is 13.0. The molecule has 2 aromatic rings. The molecule has 0 fully saturated rings. The topological polar surface area (TPSA) is 111 Å². The van der Waals surface area contributed by atoms with Crippen LogP contribution in [0.2, 0.25) is 0 Å². The lowest BCUT2D eigenvalue weighted by Crippen LogP contribution is -2.40. The molecule has 8 nitrogen and oxygen atoms in total. The molecule has 28 heavy (non-hydrogen) atoms. The van der Waals surface area contributed by atoms with Crippen LogP contribution < -0.4 is 14.8 Å². The molecule has 0 saturated carbocycles. The monoisotopic (exact) mass is 407 g/mol. The molecule has 0 aliphatic heterocycles. The molecule has 0 saturated heterocycles. The first kappa shape index (κ1) is 21.6. The van der Waals surface area contributed by atoms with Gasteiger partial charge in [0.15, 0.2) is 0 Å². The maximum atomic E-state index is 12.4. The number of nitro benzene ring substituents is 1. The van der Waals surface area contributed by atoms with Crippen molar-refractivity contribution in [2.24, 2.45) is 0 Å². The fraction of sp³-hybridized carbons (Fsp3) is 0.368. The molecular weight excluding hydrogens is 382 g/mol. The van der Waals surface area contributed by atoms with Gasteiger partial charge in [-0.05, 0) is 51.0 Å². The number of para-hydroxylation sites is 1. The van der Waals surface area contributed by atoms with E-state index >= 15 is 0 Å². The van der Waals surface area contributed by atoms with Crippen LogP contribution in [0.3, 0.4) is 0 Å². The van der Waals surface area contributed by atoms with Gasteiger partial charge in [0.2, 0.25) is 10.0 Å². The number of hydrogen-bond acceptors (Lipinski definition) is 6. The number of methoxy groups -OCH3 is 1. The number of anilines is 1. The Balaban J connectivity index is 2.20. The van der Waals surface area contributed by atoms with E-state index in [0.717, 1.165) is 17.4 Å². The molecule has 152 valence electrons. The van der Waals surface area contributed by atoms with Gasteiger partial charge in [0.25, 0.3) is 5.69 Å². The van der Waals surface area contributed by atoms with E-state index in [1.807, 2.05) is 24.3 Å². The van der Waals surface area contributed by atoms with E-state index < -0.39 is 20.5 Å². The molecule has 2 aromatic carbocycles. The summed E-state index contributed by atoms with van der Waals surface area (Å²) in [7, 11) is -2.28. The molecule has 0 atom stereocenters. The molecule has 0 bridgehead atoms. The van der Waals surface area contributed by atoms with Crippen molar-refractivity contribution in [1.29, 1.82) is 0 Å². The summed E-state index contributed by atoms with van der Waals surface area (Å²) in [6.45, 7) is 5.53. The largest absolute Gasteiger partial charge is 0.496 e. The maximum Gasteiger partial charge on any atom is 0.293 e. The average Bonchev–Trinajstić information content (AvgIpc) is 2.60. The number of sulfonamides is 1. The van der Waals surface area contributed by atoms with Crippen molar-refractivity contribution in [1.82, 2.24) is 4.72 Å². The third kappa shape index (κ3) is 5.67. The summed E-state index contributed by atoms with van der Waals surface area (Å²) in [5.74, 6) is 0.744. The van der Waals surface area contributed by atoms with Gasteiger partial charge in [0.1, 0.15) is 11.4 Å². The van der Waals surface area contributed by atoms with Crippen LogP contribution in [-0.4, -0.2) is 32.5 Å². The van der Waals surface area contributed by atoms with E-state index in [-0.39, 0.29) is 16.3 Å². The molecular formula is C19H25N3O5S. The lowest BCUT2D eigenvalue weighted by molar-refractivity contribution is -0.384. The number of hydrogen-bond donors (Lipinski definition) is 2. The van der Waals surface area contributed by atoms with Crippen molar-refractivity contribution in [3.05, 3.63) is 58.1 Å². The molecule has 0 unspecified atom stereocenters. The van der Waals surface area contributed by atoms with E-state index in [1.54, 1.807) is 27.9 Å². The predicted octanol–water partition coefficient (Wildman–Crippen LogP) is 3.33. The standard InChI is InChI=1S/C19H25N3O5S/c1-19(2,3)21-28(25,26)15-9-10-16(17(13-15)22(23)24)20-12-11-14-7-5-6-8-18(14)27-4/h5-10,13,20-21H,11-12H2,1-4H3. The average molecular weight is 407 g/mol. The van der Waals surface area contributed by atoms with Crippen molar-refractivity contribution in [2.45, 2.75) is 37.6 Å². The molecule has 0 radical (unpaired) electrons. The van der Waals surface area contributed by atoms with Crippen LogP contribution in [0.1, 0.15) is 26.3 Å². The SMILES string of the molecule is COc1ccccc1CCNc1ccc(S(=O)(=O)NC(C)(C)C)cc1[N+](=O)[O-]. The highest BCUT2D eigenvalue weighted by Gasteiger charge is 2.25. The van der Waals surface area contributed by atoms with Crippen LogP contribution in [0.5, 0.6) is 5.75 Å². The Morgan fingerprint density at radius 1 is 1.14 bits per heavy atom. The summed E-state index contributed by atoms with van der Waals surface area (Å²) < 4.78 is 32.7. The Kier molecular flexibility index (Phi) is 6.63. The van der Waals surface area contributed by atoms with Crippen LogP contribution in [0, 0.1) is 10.1 Å². The highest BCUT2D eigenvalue weighted by Crippen LogP contribution is 2.28. The van der Waals surface area contributed by atoms with Crippen molar-refractivity contribution >= 4 is 21.4 Å². The second kappa shape index (κ2) is 8.57. The number of nitrogens with one attached hydrogen (secondary N) is 2. The Morgan fingerprint density at radius 2 is 1.82 bits per heavy atom. The van der Waals surface area contributed by atoms with E-state index in [2.05, 4.69) is 10.0 Å². The third-order valence-corrected chi connectivity index (χ3v) is 5.57. The minimum Gasteiger partial charge on any atom is -0.496 e. The Bertz CT molecular complexity index is 952. The van der Waals surface area contributed by atoms with Gasteiger partial charge in [-0.15, -0.1) is 0 Å². The van der Waals surface area contributed by atoms with E-state index in [0.29, 0.717) is 13.0 Å². The summed E-state index contributed by atoms with van der Waals surface area (Å²) in [4.78, 5) is 10.7. The van der Waals surface area contributed by atoms with Crippen LogP contribution in [0.15, 0.2) is 47.4 Å². The molecule has 0 spiro atoms. The summed E-state index contributed by atoms with van der Waals surface area (Å²) in [5, 5.41) is 14.5. The van der Waals surface area contributed by atoms with Crippen LogP contribution >= 0.6 is 0 Å². The summed E-state index contributed by atoms with van der Waals surface area (Å²) in [5.41, 5.74) is 0.236. The van der Waals surface area contributed by atoms with Crippen molar-refractivity contribution in [2.75, 3.05) is 19.0 Å². The lowest BCUT2D eigenvalue weighted by atomic mass is 10.1. The number of rotatable bonds is 8. The quantitative estimate of drug-likeness (QED) is 0.513. The van der Waals surface area contributed by atoms with Gasteiger partial charge in [-0.25, -0.2) is 13.1 Å². The number of nitro groups is 1. The van der Waals surface area contributed by atoms with Crippen molar-refractivity contribution in [3.63, 3.8) is 0 Å². The molecule has 0 aromatic heterocycles. The molecule has 0 aliphatic carbocycles. The Morgan fingerprint density at radius 3 is 2.43 bits per heavy atom. The third-order valence-electron chi connectivity index (χ3n) is 3.82. The Hall–Kier alpha value is -2.65. The highest BCUT2D eigenvalue weighted by atomic mass is 32.2. The van der Waals surface area contributed by atoms with E-state index in [4.69, 9.17) is 4.74 Å². The summed E-state index contributed by atoms with van der Waals surface area (Å²) in [6, 6.07) is 11.4. The molecule has 0 heterocycles. The predicted molar refractivity (Wildman–Crippen MR) is 108 cm³/mol. The maximum absolute atomic E-state index is 12.4. The zero-order valence-electron chi connectivity index (χ0n) is 16.4. The van der Waals surface area contributed by atoms with Crippen molar-refractivity contribution in [3.8, 4) is 5.75 Å². The van der Waals surface area contributed by atoms with Crippen LogP contribution in [0.4, 0.5) is 11.4 Å². The second-order valence-corrected chi connectivity index (χ2v) is 8.96. The zero-order chi connectivity index (χ0) is 20.9. The number of ether oxygens (including phenoxy) is 1. The van der Waals surface area contributed by atoms with Gasteiger partial charge in [-0.1, -0.05) is 18.2 Å². The van der Waals surface area contributed by atoms with Gasteiger partial charge in [0.05, 0.1) is 16.9 Å². The second-order valence-electron chi connectivity index (χ2n) is 7.28. The van der Waals surface area contributed by atoms with Gasteiger partial charge in [-0.3, -0.25) is 10.1 Å². The van der Waals surface area contributed by atoms with E-state index in [1.165, 1.54) is 12.1 Å². The van der Waals surface area contributed by atoms with Gasteiger partial charge >= 0.3 is 0 Å². The first-order valence-electron chi connectivity index (χ1n) is 8.72. The zero-order valence-corrected chi connectivity index (χ0v) is 17.2. The minimum atomic E-state index is -3.86. The molecule has 2 N–H and O–H groups in total. The summed E-state index contributed by atoms with van der Waals surface area (Å²) >= 11 is 0. The number of benzene rings is 2. The smallest absolute Gasteiger partial charge is 0.293 e. The highest BCUT2D eigenvalue weighted by molar-refractivity contribution is 7.89. The number of nitrogens with zero attached hydrogens (tertiary/aromatic N) is 1. The van der Waals surface area contributed by atoms with Gasteiger partial charge < -0.3 is 10.1 Å².